The van der Waals surface area contributed by atoms with Gasteiger partial charge in [0.15, 0.2) is 17.5 Å². The van der Waals surface area contributed by atoms with Crippen LogP contribution in [0.5, 0.6) is 0 Å². The van der Waals surface area contributed by atoms with Crippen molar-refractivity contribution >= 4 is 28.5 Å². The number of fused-ring (bicyclic) bond motifs is 1. The van der Waals surface area contributed by atoms with Gasteiger partial charge in [-0.1, -0.05) is 11.6 Å². The predicted octanol–water partition coefficient (Wildman–Crippen LogP) is 3.01. The van der Waals surface area contributed by atoms with Gasteiger partial charge in [0, 0.05) is 30.0 Å². The Kier molecular flexibility index (Phi) is 3.59. The molecule has 0 aliphatic carbocycles. The Hall–Kier alpha value is -2.25. The molecule has 0 bridgehead atoms. The Balaban J connectivity index is 1.74. The number of aromatic amines is 1. The van der Waals surface area contributed by atoms with E-state index < -0.39 is 5.82 Å². The SMILES string of the molecule is Fc1cnc(-c2c[nH]c3ncc(Cl)cc23)nc1N[C@H]1CCOC1. The Morgan fingerprint density at radius 3 is 3.09 bits per heavy atom. The molecule has 0 unspecified atom stereocenters. The summed E-state index contributed by atoms with van der Waals surface area (Å²) in [7, 11) is 0. The summed E-state index contributed by atoms with van der Waals surface area (Å²) in [5.74, 6) is 0.0922. The standard InChI is InChI=1S/C15H13ClFN5O/c16-8-3-10-11(5-19-13(10)18-4-8)14-20-6-12(17)15(22-14)21-9-1-2-23-7-9/h3-6,9H,1-2,7H2,(H,18,19)(H,20,21,22)/t9-/m0/s1. The van der Waals surface area contributed by atoms with Gasteiger partial charge in [-0.15, -0.1) is 0 Å². The van der Waals surface area contributed by atoms with Gasteiger partial charge in [-0.25, -0.2) is 19.3 Å². The van der Waals surface area contributed by atoms with Crippen LogP contribution < -0.4 is 5.32 Å². The minimum atomic E-state index is -0.489. The van der Waals surface area contributed by atoms with Crippen LogP contribution in [0.25, 0.3) is 22.4 Å². The zero-order valence-electron chi connectivity index (χ0n) is 12.0. The largest absolute Gasteiger partial charge is 0.379 e. The van der Waals surface area contributed by atoms with E-state index in [0.29, 0.717) is 29.7 Å². The third kappa shape index (κ3) is 2.73. The molecule has 0 radical (unpaired) electrons. The highest BCUT2D eigenvalue weighted by atomic mass is 35.5. The molecule has 8 heteroatoms. The second-order valence-electron chi connectivity index (χ2n) is 5.35. The van der Waals surface area contributed by atoms with Crippen molar-refractivity contribution in [2.45, 2.75) is 12.5 Å². The van der Waals surface area contributed by atoms with Crippen LogP contribution in [-0.4, -0.2) is 39.2 Å². The fourth-order valence-corrected chi connectivity index (χ4v) is 2.76. The smallest absolute Gasteiger partial charge is 0.183 e. The molecule has 23 heavy (non-hydrogen) atoms. The summed E-state index contributed by atoms with van der Waals surface area (Å²) in [5, 5.41) is 4.37. The average molecular weight is 334 g/mol. The molecule has 4 rings (SSSR count). The first kappa shape index (κ1) is 14.3. The van der Waals surface area contributed by atoms with Gasteiger partial charge in [0.2, 0.25) is 0 Å². The third-order valence-electron chi connectivity index (χ3n) is 3.75. The minimum absolute atomic E-state index is 0.0614. The second-order valence-corrected chi connectivity index (χ2v) is 5.78. The molecule has 1 atom stereocenters. The lowest BCUT2D eigenvalue weighted by Crippen LogP contribution is -2.20. The molecule has 1 fully saturated rings. The molecule has 3 aromatic heterocycles. The number of hydrogen-bond acceptors (Lipinski definition) is 5. The lowest BCUT2D eigenvalue weighted by molar-refractivity contribution is 0.195. The van der Waals surface area contributed by atoms with E-state index in [1.54, 1.807) is 18.5 Å². The number of aromatic nitrogens is 4. The monoisotopic (exact) mass is 333 g/mol. The maximum absolute atomic E-state index is 14.0. The molecular formula is C15H13ClFN5O. The number of rotatable bonds is 3. The van der Waals surface area contributed by atoms with E-state index in [0.717, 1.165) is 23.6 Å². The van der Waals surface area contributed by atoms with Crippen molar-refractivity contribution in [1.29, 1.82) is 0 Å². The van der Waals surface area contributed by atoms with E-state index >= 15 is 0 Å². The number of H-pyrrole nitrogens is 1. The summed E-state index contributed by atoms with van der Waals surface area (Å²) in [5.41, 5.74) is 1.40. The number of hydrogen-bond donors (Lipinski definition) is 2. The summed E-state index contributed by atoms with van der Waals surface area (Å²) in [6.07, 6.45) is 5.29. The number of ether oxygens (including phenoxy) is 1. The van der Waals surface area contributed by atoms with E-state index in [1.165, 1.54) is 0 Å². The number of halogens is 2. The number of pyridine rings is 1. The second kappa shape index (κ2) is 5.75. The molecule has 0 aromatic carbocycles. The quantitative estimate of drug-likeness (QED) is 0.770. The number of anilines is 1. The van der Waals surface area contributed by atoms with E-state index in [-0.39, 0.29) is 11.9 Å². The van der Waals surface area contributed by atoms with Crippen LogP contribution in [0.3, 0.4) is 0 Å². The maximum Gasteiger partial charge on any atom is 0.183 e. The zero-order valence-corrected chi connectivity index (χ0v) is 12.8. The molecule has 0 saturated carbocycles. The van der Waals surface area contributed by atoms with Crippen molar-refractivity contribution in [3.8, 4) is 11.4 Å². The Morgan fingerprint density at radius 2 is 2.26 bits per heavy atom. The van der Waals surface area contributed by atoms with E-state index in [1.807, 2.05) is 0 Å². The van der Waals surface area contributed by atoms with Gasteiger partial charge in [-0.3, -0.25) is 0 Å². The maximum atomic E-state index is 14.0. The minimum Gasteiger partial charge on any atom is -0.379 e. The van der Waals surface area contributed by atoms with E-state index in [4.69, 9.17) is 16.3 Å². The molecule has 4 heterocycles. The van der Waals surface area contributed by atoms with Gasteiger partial charge in [-0.2, -0.15) is 0 Å². The van der Waals surface area contributed by atoms with Crippen molar-refractivity contribution in [3.63, 3.8) is 0 Å². The summed E-state index contributed by atoms with van der Waals surface area (Å²) in [6.45, 7) is 1.22. The normalized spacial score (nSPS) is 17.7. The Morgan fingerprint density at radius 1 is 1.35 bits per heavy atom. The van der Waals surface area contributed by atoms with Gasteiger partial charge in [0.1, 0.15) is 5.65 Å². The first-order valence-corrected chi connectivity index (χ1v) is 7.58. The van der Waals surface area contributed by atoms with Crippen LogP contribution in [0, 0.1) is 5.82 Å². The van der Waals surface area contributed by atoms with Crippen LogP contribution in [0.15, 0.2) is 24.7 Å². The van der Waals surface area contributed by atoms with Crippen LogP contribution in [0.1, 0.15) is 6.42 Å². The van der Waals surface area contributed by atoms with E-state index in [9.17, 15) is 4.39 Å². The lowest BCUT2D eigenvalue weighted by atomic mass is 10.2. The van der Waals surface area contributed by atoms with Crippen LogP contribution in [0.2, 0.25) is 5.02 Å². The van der Waals surface area contributed by atoms with Crippen molar-refractivity contribution in [2.24, 2.45) is 0 Å². The highest BCUT2D eigenvalue weighted by molar-refractivity contribution is 6.31. The van der Waals surface area contributed by atoms with Crippen molar-refractivity contribution < 1.29 is 9.13 Å². The van der Waals surface area contributed by atoms with Crippen LogP contribution in [0.4, 0.5) is 10.2 Å². The number of nitrogens with one attached hydrogen (secondary N) is 2. The van der Waals surface area contributed by atoms with Crippen molar-refractivity contribution in [1.82, 2.24) is 19.9 Å². The topological polar surface area (TPSA) is 75.7 Å². The molecule has 6 nitrogen and oxygen atoms in total. The molecule has 3 aromatic rings. The van der Waals surface area contributed by atoms with Crippen molar-refractivity contribution in [2.75, 3.05) is 18.5 Å². The molecular weight excluding hydrogens is 321 g/mol. The molecule has 1 aliphatic heterocycles. The summed E-state index contributed by atoms with van der Waals surface area (Å²) in [6, 6.07) is 1.84. The zero-order chi connectivity index (χ0) is 15.8. The fourth-order valence-electron chi connectivity index (χ4n) is 2.60. The molecule has 0 spiro atoms. The predicted molar refractivity (Wildman–Crippen MR) is 84.9 cm³/mol. The lowest BCUT2D eigenvalue weighted by Gasteiger charge is -2.12. The van der Waals surface area contributed by atoms with Crippen molar-refractivity contribution in [3.05, 3.63) is 35.5 Å². The van der Waals surface area contributed by atoms with Gasteiger partial charge in [-0.05, 0) is 12.5 Å². The molecule has 0 amide bonds. The van der Waals surface area contributed by atoms with Gasteiger partial charge in [0.25, 0.3) is 0 Å². The molecule has 2 N–H and O–H groups in total. The average Bonchev–Trinajstić information content (AvgIpc) is 3.19. The number of nitrogens with zero attached hydrogens (tertiary/aromatic N) is 3. The van der Waals surface area contributed by atoms with Gasteiger partial charge in [0.05, 0.1) is 23.9 Å². The first-order chi connectivity index (χ1) is 11.2. The highest BCUT2D eigenvalue weighted by Gasteiger charge is 2.19. The summed E-state index contributed by atoms with van der Waals surface area (Å²) >= 11 is 6.00. The fraction of sp³-hybridized carbons (Fsp3) is 0.267. The highest BCUT2D eigenvalue weighted by Crippen LogP contribution is 2.28. The first-order valence-electron chi connectivity index (χ1n) is 7.20. The van der Waals surface area contributed by atoms with Crippen LogP contribution in [-0.2, 0) is 4.74 Å². The van der Waals surface area contributed by atoms with Gasteiger partial charge < -0.3 is 15.0 Å². The molecule has 1 saturated heterocycles. The van der Waals surface area contributed by atoms with Gasteiger partial charge >= 0.3 is 0 Å². The Bertz CT molecular complexity index is 862. The molecule has 118 valence electrons. The Labute approximate surface area is 136 Å². The van der Waals surface area contributed by atoms with Crippen LogP contribution >= 0.6 is 11.6 Å². The molecule has 1 aliphatic rings. The van der Waals surface area contributed by atoms with E-state index in [2.05, 4.69) is 25.3 Å². The summed E-state index contributed by atoms with van der Waals surface area (Å²) < 4.78 is 19.3. The summed E-state index contributed by atoms with van der Waals surface area (Å²) in [4.78, 5) is 15.6. The third-order valence-corrected chi connectivity index (χ3v) is 3.96.